The van der Waals surface area contributed by atoms with Gasteiger partial charge in [0.25, 0.3) is 0 Å². The van der Waals surface area contributed by atoms with Crippen LogP contribution in [0, 0.1) is 6.92 Å². The molecule has 0 spiro atoms. The Kier molecular flexibility index (Phi) is 4.25. The Balaban J connectivity index is 1.99. The quantitative estimate of drug-likeness (QED) is 0.876. The monoisotopic (exact) mass is 243 g/mol. The number of hydrogen-bond acceptors (Lipinski definition) is 4. The van der Waals surface area contributed by atoms with Crippen molar-refractivity contribution in [1.82, 2.24) is 9.97 Å². The zero-order valence-corrected chi connectivity index (χ0v) is 10.7. The van der Waals surface area contributed by atoms with Crippen LogP contribution in [-0.2, 0) is 17.9 Å². The van der Waals surface area contributed by atoms with Crippen molar-refractivity contribution in [3.63, 3.8) is 0 Å². The summed E-state index contributed by atoms with van der Waals surface area (Å²) in [7, 11) is 1.70. The van der Waals surface area contributed by atoms with E-state index in [1.54, 1.807) is 13.3 Å². The molecule has 0 unspecified atom stereocenters. The normalized spacial score (nSPS) is 10.3. The van der Waals surface area contributed by atoms with Gasteiger partial charge in [-0.2, -0.15) is 0 Å². The van der Waals surface area contributed by atoms with Crippen LogP contribution in [0.3, 0.4) is 0 Å². The van der Waals surface area contributed by atoms with Crippen molar-refractivity contribution in [3.8, 4) is 0 Å². The third-order valence-electron chi connectivity index (χ3n) is 2.55. The maximum absolute atomic E-state index is 5.12. The molecule has 0 aliphatic rings. The second-order valence-electron chi connectivity index (χ2n) is 4.10. The first-order valence-electron chi connectivity index (χ1n) is 5.88. The largest absolute Gasteiger partial charge is 0.380 e. The average molecular weight is 243 g/mol. The number of benzene rings is 1. The fraction of sp³-hybridized carbons (Fsp3) is 0.286. The molecule has 18 heavy (non-hydrogen) atoms. The molecule has 94 valence electrons. The summed E-state index contributed by atoms with van der Waals surface area (Å²) >= 11 is 0. The van der Waals surface area contributed by atoms with Gasteiger partial charge in [0.15, 0.2) is 0 Å². The van der Waals surface area contributed by atoms with Gasteiger partial charge in [0.05, 0.1) is 6.61 Å². The Morgan fingerprint density at radius 1 is 1.22 bits per heavy atom. The van der Waals surface area contributed by atoms with Gasteiger partial charge >= 0.3 is 0 Å². The highest BCUT2D eigenvalue weighted by Gasteiger charge is 1.98. The Bertz CT molecular complexity index is 514. The molecule has 0 saturated heterocycles. The van der Waals surface area contributed by atoms with E-state index in [1.807, 2.05) is 19.1 Å². The van der Waals surface area contributed by atoms with Crippen LogP contribution in [0.15, 0.2) is 36.5 Å². The molecule has 0 fully saturated rings. The SMILES string of the molecule is COCc1cccc(CNc2ccnc(C)n2)c1. The fourth-order valence-corrected chi connectivity index (χ4v) is 1.74. The number of ether oxygens (including phenoxy) is 1. The van der Waals surface area contributed by atoms with E-state index in [1.165, 1.54) is 11.1 Å². The zero-order chi connectivity index (χ0) is 12.8. The number of rotatable bonds is 5. The Hall–Kier alpha value is -1.94. The third kappa shape index (κ3) is 3.53. The molecule has 0 bridgehead atoms. The molecule has 2 rings (SSSR count). The van der Waals surface area contributed by atoms with Gasteiger partial charge in [-0.3, -0.25) is 0 Å². The van der Waals surface area contributed by atoms with Gasteiger partial charge in [0.1, 0.15) is 11.6 Å². The lowest BCUT2D eigenvalue weighted by Gasteiger charge is -2.07. The molecule has 1 N–H and O–H groups in total. The summed E-state index contributed by atoms with van der Waals surface area (Å²) in [6, 6.07) is 10.2. The van der Waals surface area contributed by atoms with E-state index in [0.717, 1.165) is 18.2 Å². The molecule has 1 heterocycles. The predicted octanol–water partition coefficient (Wildman–Crippen LogP) is 2.54. The van der Waals surface area contributed by atoms with E-state index in [-0.39, 0.29) is 0 Å². The first-order valence-corrected chi connectivity index (χ1v) is 5.88. The van der Waals surface area contributed by atoms with Crippen molar-refractivity contribution in [2.75, 3.05) is 12.4 Å². The maximum Gasteiger partial charge on any atom is 0.129 e. The van der Waals surface area contributed by atoms with Crippen LogP contribution in [0.4, 0.5) is 5.82 Å². The highest BCUT2D eigenvalue weighted by Crippen LogP contribution is 2.09. The van der Waals surface area contributed by atoms with Gasteiger partial charge in [-0.1, -0.05) is 24.3 Å². The number of aromatic nitrogens is 2. The molecule has 0 saturated carbocycles. The van der Waals surface area contributed by atoms with Gasteiger partial charge in [0.2, 0.25) is 0 Å². The first kappa shape index (κ1) is 12.5. The van der Waals surface area contributed by atoms with Gasteiger partial charge in [-0.25, -0.2) is 9.97 Å². The minimum absolute atomic E-state index is 0.639. The number of nitrogens with zero attached hydrogens (tertiary/aromatic N) is 2. The van der Waals surface area contributed by atoms with Crippen LogP contribution in [0.2, 0.25) is 0 Å². The van der Waals surface area contributed by atoms with Gasteiger partial charge in [-0.15, -0.1) is 0 Å². The van der Waals surface area contributed by atoms with E-state index in [0.29, 0.717) is 6.61 Å². The first-order chi connectivity index (χ1) is 8.78. The molecule has 1 aromatic carbocycles. The average Bonchev–Trinajstić information content (AvgIpc) is 2.37. The van der Waals surface area contributed by atoms with Crippen molar-refractivity contribution < 1.29 is 4.74 Å². The number of nitrogens with one attached hydrogen (secondary N) is 1. The van der Waals surface area contributed by atoms with Gasteiger partial charge in [0, 0.05) is 19.9 Å². The number of hydrogen-bond donors (Lipinski definition) is 1. The van der Waals surface area contributed by atoms with E-state index < -0.39 is 0 Å². The molecule has 0 atom stereocenters. The van der Waals surface area contributed by atoms with Crippen molar-refractivity contribution in [2.45, 2.75) is 20.1 Å². The summed E-state index contributed by atoms with van der Waals surface area (Å²) in [5.41, 5.74) is 2.39. The van der Waals surface area contributed by atoms with E-state index in [9.17, 15) is 0 Å². The van der Waals surface area contributed by atoms with Crippen LogP contribution < -0.4 is 5.32 Å². The van der Waals surface area contributed by atoms with E-state index >= 15 is 0 Å². The summed E-state index contributed by atoms with van der Waals surface area (Å²) in [5.74, 6) is 1.62. The highest BCUT2D eigenvalue weighted by molar-refractivity contribution is 5.35. The Morgan fingerprint density at radius 3 is 2.83 bits per heavy atom. The van der Waals surface area contributed by atoms with E-state index in [4.69, 9.17) is 4.74 Å². The molecule has 2 aromatic rings. The third-order valence-corrected chi connectivity index (χ3v) is 2.55. The summed E-state index contributed by atoms with van der Waals surface area (Å²) < 4.78 is 5.12. The van der Waals surface area contributed by atoms with Crippen LogP contribution in [0.5, 0.6) is 0 Å². The molecule has 0 aliphatic carbocycles. The Labute approximate surface area is 107 Å². The summed E-state index contributed by atoms with van der Waals surface area (Å²) in [6.45, 7) is 3.26. The maximum atomic E-state index is 5.12. The molecule has 0 amide bonds. The second-order valence-corrected chi connectivity index (χ2v) is 4.10. The topological polar surface area (TPSA) is 47.0 Å². The molecule has 0 aliphatic heterocycles. The molecule has 0 radical (unpaired) electrons. The van der Waals surface area contributed by atoms with Gasteiger partial charge in [-0.05, 0) is 24.1 Å². The molecule has 4 heteroatoms. The highest BCUT2D eigenvalue weighted by atomic mass is 16.5. The van der Waals surface area contributed by atoms with Crippen molar-refractivity contribution in [2.24, 2.45) is 0 Å². The summed E-state index contributed by atoms with van der Waals surface area (Å²) in [5, 5.41) is 3.28. The van der Waals surface area contributed by atoms with Crippen molar-refractivity contribution in [3.05, 3.63) is 53.5 Å². The van der Waals surface area contributed by atoms with E-state index in [2.05, 4.69) is 33.5 Å². The lowest BCUT2D eigenvalue weighted by molar-refractivity contribution is 0.185. The number of anilines is 1. The van der Waals surface area contributed by atoms with Crippen LogP contribution in [0.1, 0.15) is 17.0 Å². The Morgan fingerprint density at radius 2 is 2.06 bits per heavy atom. The molecular weight excluding hydrogens is 226 g/mol. The zero-order valence-electron chi connectivity index (χ0n) is 10.7. The smallest absolute Gasteiger partial charge is 0.129 e. The molecular formula is C14H17N3O. The fourth-order valence-electron chi connectivity index (χ4n) is 1.74. The van der Waals surface area contributed by atoms with Gasteiger partial charge < -0.3 is 10.1 Å². The van der Waals surface area contributed by atoms with Crippen LogP contribution >= 0.6 is 0 Å². The molecule has 1 aromatic heterocycles. The number of methoxy groups -OCH3 is 1. The van der Waals surface area contributed by atoms with Crippen molar-refractivity contribution in [1.29, 1.82) is 0 Å². The summed E-state index contributed by atoms with van der Waals surface area (Å²) in [6.07, 6.45) is 1.76. The summed E-state index contributed by atoms with van der Waals surface area (Å²) in [4.78, 5) is 8.37. The lowest BCUT2D eigenvalue weighted by Crippen LogP contribution is -2.03. The second kappa shape index (κ2) is 6.12. The standard InChI is InChI=1S/C14H17N3O/c1-11-15-7-6-14(17-11)16-9-12-4-3-5-13(8-12)10-18-2/h3-8H,9-10H2,1-2H3,(H,15,16,17). The lowest BCUT2D eigenvalue weighted by atomic mass is 10.1. The predicted molar refractivity (Wildman–Crippen MR) is 71.3 cm³/mol. The van der Waals surface area contributed by atoms with Crippen LogP contribution in [0.25, 0.3) is 0 Å². The number of aryl methyl sites for hydroxylation is 1. The molecule has 4 nitrogen and oxygen atoms in total. The minimum atomic E-state index is 0.639. The van der Waals surface area contributed by atoms with Crippen LogP contribution in [-0.4, -0.2) is 17.1 Å². The van der Waals surface area contributed by atoms with Crippen molar-refractivity contribution >= 4 is 5.82 Å². The minimum Gasteiger partial charge on any atom is -0.380 e.